The average Bonchev–Trinajstić information content (AvgIpc) is 2.32. The Bertz CT molecular complexity index is 166. The van der Waals surface area contributed by atoms with Crippen molar-refractivity contribution in [1.29, 1.82) is 0 Å². The zero-order valence-corrected chi connectivity index (χ0v) is 8.11. The molecule has 2 N–H and O–H groups in total. The number of nitrogens with one attached hydrogen (secondary N) is 2. The van der Waals surface area contributed by atoms with E-state index in [1.807, 2.05) is 20.8 Å². The number of carbonyl (C=O) groups excluding carboxylic acids is 1. The van der Waals surface area contributed by atoms with Crippen LogP contribution < -0.4 is 10.6 Å². The number of hydrogen-bond donors (Lipinski definition) is 2. The smallest absolute Gasteiger partial charge is 0.224 e. The van der Waals surface area contributed by atoms with E-state index < -0.39 is 0 Å². The lowest BCUT2D eigenvalue weighted by atomic mass is 10.0. The molecular formula is C9H18N2O. The molecule has 0 aromatic carbocycles. The third-order valence-corrected chi connectivity index (χ3v) is 1.93. The molecule has 1 amide bonds. The van der Waals surface area contributed by atoms with Crippen molar-refractivity contribution in [3.63, 3.8) is 0 Å². The van der Waals surface area contributed by atoms with Crippen LogP contribution in [0.15, 0.2) is 0 Å². The Morgan fingerprint density at radius 3 is 2.58 bits per heavy atom. The Hall–Kier alpha value is -0.570. The van der Waals surface area contributed by atoms with Gasteiger partial charge >= 0.3 is 0 Å². The normalized spacial score (nSPS) is 24.1. The highest BCUT2D eigenvalue weighted by Crippen LogP contribution is 2.09. The van der Waals surface area contributed by atoms with Crippen molar-refractivity contribution in [2.24, 2.45) is 5.92 Å². The van der Waals surface area contributed by atoms with E-state index in [0.717, 1.165) is 19.5 Å². The maximum Gasteiger partial charge on any atom is 0.224 e. The van der Waals surface area contributed by atoms with Crippen LogP contribution in [0.4, 0.5) is 0 Å². The zero-order chi connectivity index (χ0) is 9.19. The molecule has 1 saturated heterocycles. The van der Waals surface area contributed by atoms with Gasteiger partial charge in [-0.05, 0) is 33.7 Å². The van der Waals surface area contributed by atoms with Gasteiger partial charge < -0.3 is 10.6 Å². The summed E-state index contributed by atoms with van der Waals surface area (Å²) in [6.07, 6.45) is 0.974. The van der Waals surface area contributed by atoms with Gasteiger partial charge in [0.25, 0.3) is 0 Å². The largest absolute Gasteiger partial charge is 0.351 e. The van der Waals surface area contributed by atoms with Gasteiger partial charge in [-0.15, -0.1) is 0 Å². The number of amides is 1. The molecular weight excluding hydrogens is 152 g/mol. The lowest BCUT2D eigenvalue weighted by Gasteiger charge is -2.22. The van der Waals surface area contributed by atoms with Crippen LogP contribution in [-0.2, 0) is 4.79 Å². The van der Waals surface area contributed by atoms with E-state index in [-0.39, 0.29) is 17.4 Å². The molecule has 3 heteroatoms. The highest BCUT2D eigenvalue weighted by atomic mass is 16.2. The standard InChI is InChI=1S/C9H18N2O/c1-9(2,3)11-8(12)7-4-5-10-6-7/h7,10H,4-6H2,1-3H3,(H,11,12). The molecule has 0 spiro atoms. The first-order valence-corrected chi connectivity index (χ1v) is 4.52. The third-order valence-electron chi connectivity index (χ3n) is 1.93. The molecule has 70 valence electrons. The minimum absolute atomic E-state index is 0.0975. The highest BCUT2D eigenvalue weighted by molar-refractivity contribution is 5.79. The SMILES string of the molecule is CC(C)(C)NC(=O)C1CCNC1. The first-order valence-electron chi connectivity index (χ1n) is 4.52. The predicted molar refractivity (Wildman–Crippen MR) is 48.9 cm³/mol. The highest BCUT2D eigenvalue weighted by Gasteiger charge is 2.25. The van der Waals surface area contributed by atoms with Crippen molar-refractivity contribution in [1.82, 2.24) is 10.6 Å². The van der Waals surface area contributed by atoms with Crippen LogP contribution in [0.25, 0.3) is 0 Å². The van der Waals surface area contributed by atoms with Crippen molar-refractivity contribution in [3.05, 3.63) is 0 Å². The summed E-state index contributed by atoms with van der Waals surface area (Å²) in [4.78, 5) is 11.5. The number of rotatable bonds is 1. The zero-order valence-electron chi connectivity index (χ0n) is 8.11. The van der Waals surface area contributed by atoms with E-state index in [2.05, 4.69) is 10.6 Å². The van der Waals surface area contributed by atoms with Crippen molar-refractivity contribution in [2.45, 2.75) is 32.7 Å². The minimum Gasteiger partial charge on any atom is -0.351 e. The summed E-state index contributed by atoms with van der Waals surface area (Å²) in [5, 5.41) is 6.16. The Balaban J connectivity index is 2.37. The fourth-order valence-electron chi connectivity index (χ4n) is 1.35. The fraction of sp³-hybridized carbons (Fsp3) is 0.889. The molecule has 0 saturated carbocycles. The molecule has 0 bridgehead atoms. The van der Waals surface area contributed by atoms with Crippen LogP contribution in [-0.4, -0.2) is 24.5 Å². The summed E-state index contributed by atoms with van der Waals surface area (Å²) in [5.74, 6) is 0.372. The second-order valence-corrected chi connectivity index (χ2v) is 4.43. The number of carbonyl (C=O) groups is 1. The number of hydrogen-bond acceptors (Lipinski definition) is 2. The van der Waals surface area contributed by atoms with Crippen LogP contribution in [0, 0.1) is 5.92 Å². The van der Waals surface area contributed by atoms with E-state index in [1.54, 1.807) is 0 Å². The Kier molecular flexibility index (Phi) is 2.73. The van der Waals surface area contributed by atoms with Crippen LogP contribution in [0.3, 0.4) is 0 Å². The molecule has 1 rings (SSSR count). The molecule has 1 unspecified atom stereocenters. The summed E-state index contributed by atoms with van der Waals surface area (Å²) in [5.41, 5.74) is -0.0975. The van der Waals surface area contributed by atoms with Gasteiger partial charge in [-0.25, -0.2) is 0 Å². The lowest BCUT2D eigenvalue weighted by molar-refractivity contribution is -0.125. The second-order valence-electron chi connectivity index (χ2n) is 4.43. The molecule has 1 heterocycles. The molecule has 1 atom stereocenters. The fourth-order valence-corrected chi connectivity index (χ4v) is 1.35. The molecule has 0 aromatic heterocycles. The van der Waals surface area contributed by atoms with Gasteiger partial charge in [0.05, 0.1) is 5.92 Å². The molecule has 0 aliphatic carbocycles. The minimum atomic E-state index is -0.0975. The van der Waals surface area contributed by atoms with Gasteiger partial charge in [0.2, 0.25) is 5.91 Å². The van der Waals surface area contributed by atoms with Gasteiger partial charge in [0.15, 0.2) is 0 Å². The van der Waals surface area contributed by atoms with E-state index in [0.29, 0.717) is 0 Å². The van der Waals surface area contributed by atoms with E-state index in [9.17, 15) is 4.79 Å². The van der Waals surface area contributed by atoms with Gasteiger partial charge in [-0.2, -0.15) is 0 Å². The topological polar surface area (TPSA) is 41.1 Å². The van der Waals surface area contributed by atoms with E-state index in [4.69, 9.17) is 0 Å². The average molecular weight is 170 g/mol. The monoisotopic (exact) mass is 170 g/mol. The quantitative estimate of drug-likeness (QED) is 0.602. The van der Waals surface area contributed by atoms with Crippen LogP contribution in [0.5, 0.6) is 0 Å². The molecule has 0 radical (unpaired) electrons. The summed E-state index contributed by atoms with van der Waals surface area (Å²) in [7, 11) is 0. The van der Waals surface area contributed by atoms with E-state index >= 15 is 0 Å². The first-order chi connectivity index (χ1) is 5.49. The summed E-state index contributed by atoms with van der Waals surface area (Å²) in [6.45, 7) is 7.83. The van der Waals surface area contributed by atoms with Crippen molar-refractivity contribution >= 4 is 5.91 Å². The van der Waals surface area contributed by atoms with Gasteiger partial charge in [-0.1, -0.05) is 0 Å². The molecule has 1 aliphatic rings. The van der Waals surface area contributed by atoms with Crippen LogP contribution in [0.1, 0.15) is 27.2 Å². The predicted octanol–water partition coefficient (Wildman–Crippen LogP) is 0.511. The Morgan fingerprint density at radius 1 is 1.50 bits per heavy atom. The van der Waals surface area contributed by atoms with Crippen molar-refractivity contribution < 1.29 is 4.79 Å². The van der Waals surface area contributed by atoms with Gasteiger partial charge in [0.1, 0.15) is 0 Å². The van der Waals surface area contributed by atoms with Crippen LogP contribution in [0.2, 0.25) is 0 Å². The summed E-state index contributed by atoms with van der Waals surface area (Å²) < 4.78 is 0. The van der Waals surface area contributed by atoms with Gasteiger partial charge in [-0.3, -0.25) is 4.79 Å². The van der Waals surface area contributed by atoms with Gasteiger partial charge in [0, 0.05) is 12.1 Å². The van der Waals surface area contributed by atoms with Crippen molar-refractivity contribution in [3.8, 4) is 0 Å². The maximum absolute atomic E-state index is 11.5. The van der Waals surface area contributed by atoms with Crippen LogP contribution >= 0.6 is 0 Å². The molecule has 1 fully saturated rings. The Morgan fingerprint density at radius 2 is 2.17 bits per heavy atom. The molecule has 0 aromatic rings. The third kappa shape index (κ3) is 2.81. The second kappa shape index (κ2) is 3.44. The van der Waals surface area contributed by atoms with Crippen molar-refractivity contribution in [2.75, 3.05) is 13.1 Å². The summed E-state index contributed by atoms with van der Waals surface area (Å²) >= 11 is 0. The lowest BCUT2D eigenvalue weighted by Crippen LogP contribution is -2.44. The van der Waals surface area contributed by atoms with E-state index in [1.165, 1.54) is 0 Å². The first kappa shape index (κ1) is 9.52. The Labute approximate surface area is 73.9 Å². The molecule has 12 heavy (non-hydrogen) atoms. The summed E-state index contributed by atoms with van der Waals surface area (Å²) in [6, 6.07) is 0. The molecule has 1 aliphatic heterocycles. The maximum atomic E-state index is 11.5. The molecule has 3 nitrogen and oxygen atoms in total.